The van der Waals surface area contributed by atoms with E-state index in [9.17, 15) is 13.9 Å². The summed E-state index contributed by atoms with van der Waals surface area (Å²) in [5, 5.41) is 16.6. The van der Waals surface area contributed by atoms with Crippen molar-refractivity contribution in [2.24, 2.45) is 0 Å². The highest BCUT2D eigenvalue weighted by atomic mass is 31.0. The molecule has 1 atom stereocenters. The van der Waals surface area contributed by atoms with Crippen LogP contribution in [0.5, 0.6) is 5.75 Å². The van der Waals surface area contributed by atoms with Crippen molar-refractivity contribution in [1.29, 1.82) is 0 Å². The van der Waals surface area contributed by atoms with Crippen molar-refractivity contribution in [2.75, 3.05) is 0 Å². The second kappa shape index (κ2) is 5.66. The number of hydrogen-bond acceptors (Lipinski definition) is 4. The highest BCUT2D eigenvalue weighted by Gasteiger charge is 2.25. The molecule has 2 N–H and O–H groups in total. The number of pyridine rings is 1. The standard InChI is InChI=1S/C15H13F2N4OP/c1-8-2-5-12(22)10(6-8)13-19-14(21-20-13)11-4-3-9(7-18-11)15(16,17)23/h2-7,22H,23H2,1H3,(H,19,20,21). The van der Waals surface area contributed by atoms with Crippen molar-refractivity contribution in [2.45, 2.75) is 12.6 Å². The zero-order valence-electron chi connectivity index (χ0n) is 12.1. The van der Waals surface area contributed by atoms with E-state index in [0.29, 0.717) is 22.9 Å². The molecule has 3 rings (SSSR count). The minimum Gasteiger partial charge on any atom is -0.507 e. The number of aryl methyl sites for hydroxylation is 1. The molecule has 0 spiro atoms. The molecule has 3 aromatic rings. The number of halogens is 2. The van der Waals surface area contributed by atoms with Crippen LogP contribution in [0.3, 0.4) is 0 Å². The molecule has 5 nitrogen and oxygen atoms in total. The fourth-order valence-corrected chi connectivity index (χ4v) is 2.23. The minimum absolute atomic E-state index is 0.0621. The first kappa shape index (κ1) is 15.5. The van der Waals surface area contributed by atoms with Crippen LogP contribution in [-0.4, -0.2) is 25.3 Å². The first-order valence-corrected chi connectivity index (χ1v) is 7.28. The summed E-state index contributed by atoms with van der Waals surface area (Å²) in [4.78, 5) is 8.24. The Balaban J connectivity index is 1.94. The summed E-state index contributed by atoms with van der Waals surface area (Å²) < 4.78 is 26.3. The number of phenolic OH excluding ortho intramolecular Hbond substituents is 1. The normalized spacial score (nSPS) is 11.7. The molecule has 0 saturated heterocycles. The lowest BCUT2D eigenvalue weighted by molar-refractivity contribution is 0.103. The summed E-state index contributed by atoms with van der Waals surface area (Å²) in [6, 6.07) is 7.81. The number of benzene rings is 1. The van der Waals surface area contributed by atoms with E-state index in [1.807, 2.05) is 6.92 Å². The minimum atomic E-state index is -3.02. The summed E-state index contributed by atoms with van der Waals surface area (Å²) in [5.41, 5.74) is -1.41. The molecule has 0 aliphatic heterocycles. The van der Waals surface area contributed by atoms with Crippen molar-refractivity contribution < 1.29 is 13.9 Å². The van der Waals surface area contributed by atoms with Crippen molar-refractivity contribution in [3.8, 4) is 28.7 Å². The molecular weight excluding hydrogens is 321 g/mol. The molecule has 1 aromatic carbocycles. The molecule has 0 amide bonds. The summed E-state index contributed by atoms with van der Waals surface area (Å²) in [6.07, 6.45) is 1.09. The highest BCUT2D eigenvalue weighted by molar-refractivity contribution is 7.17. The van der Waals surface area contributed by atoms with E-state index in [0.717, 1.165) is 11.8 Å². The molecule has 118 valence electrons. The topological polar surface area (TPSA) is 74.7 Å². The first-order valence-electron chi connectivity index (χ1n) is 6.70. The number of aromatic nitrogens is 4. The molecule has 0 aliphatic carbocycles. The second-order valence-corrected chi connectivity index (χ2v) is 5.81. The maximum atomic E-state index is 13.2. The number of alkyl halides is 2. The Bertz CT molecular complexity index is 843. The predicted octanol–water partition coefficient (Wildman–Crippen LogP) is 3.47. The van der Waals surface area contributed by atoms with Crippen molar-refractivity contribution in [3.05, 3.63) is 47.7 Å². The lowest BCUT2D eigenvalue weighted by atomic mass is 10.1. The SMILES string of the molecule is Cc1ccc(O)c(-c2n[nH]c(-c3ccc(C(F)(F)P)cn3)n2)c1. The Hall–Kier alpha value is -2.40. The fraction of sp³-hybridized carbons (Fsp3) is 0.133. The number of phenols is 1. The molecule has 0 bridgehead atoms. The van der Waals surface area contributed by atoms with Crippen LogP contribution in [-0.2, 0) is 5.66 Å². The Morgan fingerprint density at radius 1 is 1.22 bits per heavy atom. The maximum Gasteiger partial charge on any atom is 0.285 e. The number of aromatic amines is 1. The van der Waals surface area contributed by atoms with Crippen LogP contribution in [0.1, 0.15) is 11.1 Å². The van der Waals surface area contributed by atoms with Gasteiger partial charge in [-0.3, -0.25) is 10.1 Å². The van der Waals surface area contributed by atoms with Crippen LogP contribution in [0.25, 0.3) is 22.9 Å². The third kappa shape index (κ3) is 3.19. The number of rotatable bonds is 3. The molecule has 0 saturated carbocycles. The first-order chi connectivity index (χ1) is 10.8. The van der Waals surface area contributed by atoms with Gasteiger partial charge in [-0.1, -0.05) is 20.9 Å². The number of aromatic hydroxyl groups is 1. The van der Waals surface area contributed by atoms with Crippen LogP contribution >= 0.6 is 9.24 Å². The molecule has 23 heavy (non-hydrogen) atoms. The number of nitrogens with zero attached hydrogens (tertiary/aromatic N) is 3. The second-order valence-electron chi connectivity index (χ2n) is 5.08. The van der Waals surface area contributed by atoms with Crippen LogP contribution in [0.2, 0.25) is 0 Å². The maximum absolute atomic E-state index is 13.2. The molecule has 2 heterocycles. The molecular formula is C15H13F2N4OP. The van der Waals surface area contributed by atoms with Gasteiger partial charge in [-0.15, -0.1) is 0 Å². The van der Waals surface area contributed by atoms with Gasteiger partial charge in [0.25, 0.3) is 5.66 Å². The number of H-pyrrole nitrogens is 1. The molecule has 0 fully saturated rings. The monoisotopic (exact) mass is 334 g/mol. The van der Waals surface area contributed by atoms with Crippen molar-refractivity contribution in [3.63, 3.8) is 0 Å². The Morgan fingerprint density at radius 2 is 2.00 bits per heavy atom. The van der Waals surface area contributed by atoms with E-state index in [2.05, 4.69) is 20.2 Å². The van der Waals surface area contributed by atoms with E-state index >= 15 is 0 Å². The molecule has 2 aromatic heterocycles. The van der Waals surface area contributed by atoms with Crippen molar-refractivity contribution in [1.82, 2.24) is 20.2 Å². The zero-order chi connectivity index (χ0) is 16.6. The average molecular weight is 334 g/mol. The summed E-state index contributed by atoms with van der Waals surface area (Å²) in [7, 11) is 1.47. The molecule has 0 aliphatic rings. The van der Waals surface area contributed by atoms with E-state index in [4.69, 9.17) is 0 Å². The average Bonchev–Trinajstić information content (AvgIpc) is 2.99. The quantitative estimate of drug-likeness (QED) is 0.719. The van der Waals surface area contributed by atoms with E-state index in [-0.39, 0.29) is 11.3 Å². The van der Waals surface area contributed by atoms with Gasteiger partial charge < -0.3 is 5.11 Å². The van der Waals surface area contributed by atoms with E-state index < -0.39 is 5.66 Å². The predicted molar refractivity (Wildman–Crippen MR) is 85.1 cm³/mol. The number of hydrogen-bond donors (Lipinski definition) is 2. The fourth-order valence-electron chi connectivity index (χ4n) is 2.06. The van der Waals surface area contributed by atoms with Gasteiger partial charge in [0.2, 0.25) is 0 Å². The van der Waals surface area contributed by atoms with Crippen LogP contribution in [0.4, 0.5) is 8.78 Å². The van der Waals surface area contributed by atoms with Gasteiger partial charge in [-0.25, -0.2) is 4.98 Å². The molecule has 8 heteroatoms. The van der Waals surface area contributed by atoms with E-state index in [1.165, 1.54) is 21.4 Å². The van der Waals surface area contributed by atoms with Crippen LogP contribution in [0, 0.1) is 6.92 Å². The Morgan fingerprint density at radius 3 is 2.65 bits per heavy atom. The highest BCUT2D eigenvalue weighted by Crippen LogP contribution is 2.34. The lowest BCUT2D eigenvalue weighted by Gasteiger charge is -2.09. The van der Waals surface area contributed by atoms with Gasteiger partial charge in [-0.05, 0) is 31.2 Å². The van der Waals surface area contributed by atoms with Gasteiger partial charge in [0.05, 0.1) is 5.56 Å². The van der Waals surface area contributed by atoms with Gasteiger partial charge in [-0.2, -0.15) is 13.9 Å². The van der Waals surface area contributed by atoms with Crippen LogP contribution in [0.15, 0.2) is 36.5 Å². The number of nitrogens with one attached hydrogen (secondary N) is 1. The van der Waals surface area contributed by atoms with Crippen LogP contribution < -0.4 is 0 Å². The summed E-state index contributed by atoms with van der Waals surface area (Å²) >= 11 is 0. The largest absolute Gasteiger partial charge is 0.507 e. The smallest absolute Gasteiger partial charge is 0.285 e. The zero-order valence-corrected chi connectivity index (χ0v) is 13.2. The van der Waals surface area contributed by atoms with Gasteiger partial charge >= 0.3 is 0 Å². The molecule has 1 unspecified atom stereocenters. The molecule has 0 radical (unpaired) electrons. The lowest BCUT2D eigenvalue weighted by Crippen LogP contribution is -2.03. The van der Waals surface area contributed by atoms with E-state index in [1.54, 1.807) is 18.2 Å². The van der Waals surface area contributed by atoms with Gasteiger partial charge in [0.1, 0.15) is 11.4 Å². The summed E-state index contributed by atoms with van der Waals surface area (Å²) in [6.45, 7) is 1.89. The third-order valence-electron chi connectivity index (χ3n) is 3.27. The third-order valence-corrected chi connectivity index (χ3v) is 3.60. The van der Waals surface area contributed by atoms with Gasteiger partial charge in [0, 0.05) is 11.8 Å². The Kier molecular flexibility index (Phi) is 3.82. The Labute approximate surface area is 133 Å². The summed E-state index contributed by atoms with van der Waals surface area (Å²) in [5.74, 6) is 0.704. The van der Waals surface area contributed by atoms with Crippen molar-refractivity contribution >= 4 is 9.24 Å². The van der Waals surface area contributed by atoms with Gasteiger partial charge in [0.15, 0.2) is 11.6 Å².